The van der Waals surface area contributed by atoms with E-state index in [4.69, 9.17) is 14.2 Å². The van der Waals surface area contributed by atoms with Crippen molar-refractivity contribution >= 4 is 0 Å². The number of rotatable bonds is 8. The zero-order chi connectivity index (χ0) is 16.7. The summed E-state index contributed by atoms with van der Waals surface area (Å²) in [5.74, 6) is 2.28. The Morgan fingerprint density at radius 1 is 0.913 bits per heavy atom. The van der Waals surface area contributed by atoms with Gasteiger partial charge in [0.25, 0.3) is 0 Å². The largest absolute Gasteiger partial charge is 0.497 e. The van der Waals surface area contributed by atoms with Crippen molar-refractivity contribution < 1.29 is 19.3 Å². The molecule has 0 atom stereocenters. The van der Waals surface area contributed by atoms with Gasteiger partial charge in [-0.15, -0.1) is 0 Å². The third-order valence-electron chi connectivity index (χ3n) is 3.94. The lowest BCUT2D eigenvalue weighted by molar-refractivity contribution is 0.278. The Balaban J connectivity index is 2.12. The van der Waals surface area contributed by atoms with Gasteiger partial charge in [0, 0.05) is 5.56 Å². The summed E-state index contributed by atoms with van der Waals surface area (Å²) in [6.07, 6.45) is 2.69. The summed E-state index contributed by atoms with van der Waals surface area (Å²) >= 11 is 0. The van der Waals surface area contributed by atoms with Crippen LogP contribution in [0.1, 0.15) is 23.1 Å². The molecule has 4 nitrogen and oxygen atoms in total. The van der Waals surface area contributed by atoms with Crippen LogP contribution in [0.25, 0.3) is 0 Å². The van der Waals surface area contributed by atoms with E-state index in [0.717, 1.165) is 36.1 Å². The molecule has 0 saturated heterocycles. The summed E-state index contributed by atoms with van der Waals surface area (Å²) in [5, 5.41) is 9.57. The van der Waals surface area contributed by atoms with Crippen molar-refractivity contribution in [2.24, 2.45) is 0 Å². The van der Waals surface area contributed by atoms with Gasteiger partial charge in [0.15, 0.2) is 11.5 Å². The number of aliphatic hydroxyl groups excluding tert-OH is 1. The highest BCUT2D eigenvalue weighted by Crippen LogP contribution is 2.34. The third kappa shape index (κ3) is 4.17. The lowest BCUT2D eigenvalue weighted by Crippen LogP contribution is -2.02. The molecule has 124 valence electrons. The van der Waals surface area contributed by atoms with Crippen LogP contribution in [0.5, 0.6) is 17.2 Å². The van der Waals surface area contributed by atoms with Gasteiger partial charge in [0.2, 0.25) is 0 Å². The maximum atomic E-state index is 9.57. The molecule has 0 aliphatic heterocycles. The van der Waals surface area contributed by atoms with Crippen LogP contribution >= 0.6 is 0 Å². The van der Waals surface area contributed by atoms with E-state index in [1.807, 2.05) is 24.3 Å². The number of hydrogen-bond acceptors (Lipinski definition) is 4. The SMILES string of the molecule is COc1cccc(CCCc2c(CO)ccc(OC)c2OC)c1. The summed E-state index contributed by atoms with van der Waals surface area (Å²) in [4.78, 5) is 0. The van der Waals surface area contributed by atoms with E-state index in [2.05, 4.69) is 12.1 Å². The smallest absolute Gasteiger partial charge is 0.164 e. The minimum absolute atomic E-state index is 0.00511. The molecule has 0 unspecified atom stereocenters. The van der Waals surface area contributed by atoms with Gasteiger partial charge >= 0.3 is 0 Å². The van der Waals surface area contributed by atoms with Gasteiger partial charge in [-0.3, -0.25) is 0 Å². The third-order valence-corrected chi connectivity index (χ3v) is 3.94. The second kappa shape index (κ2) is 8.44. The van der Waals surface area contributed by atoms with Crippen LogP contribution in [-0.2, 0) is 19.4 Å². The molecule has 23 heavy (non-hydrogen) atoms. The lowest BCUT2D eigenvalue weighted by Gasteiger charge is -2.16. The van der Waals surface area contributed by atoms with Gasteiger partial charge in [-0.25, -0.2) is 0 Å². The second-order valence-electron chi connectivity index (χ2n) is 5.30. The highest BCUT2D eigenvalue weighted by molar-refractivity contribution is 5.50. The van der Waals surface area contributed by atoms with Gasteiger partial charge < -0.3 is 19.3 Å². The van der Waals surface area contributed by atoms with Crippen molar-refractivity contribution in [1.82, 2.24) is 0 Å². The predicted molar refractivity (Wildman–Crippen MR) is 90.5 cm³/mol. The van der Waals surface area contributed by atoms with E-state index in [0.29, 0.717) is 11.5 Å². The Morgan fingerprint density at radius 3 is 2.39 bits per heavy atom. The van der Waals surface area contributed by atoms with Crippen molar-refractivity contribution in [2.75, 3.05) is 21.3 Å². The van der Waals surface area contributed by atoms with Crippen LogP contribution in [0.2, 0.25) is 0 Å². The summed E-state index contributed by atoms with van der Waals surface area (Å²) in [6, 6.07) is 11.8. The quantitative estimate of drug-likeness (QED) is 0.811. The molecule has 0 aliphatic carbocycles. The Bertz CT molecular complexity index is 637. The van der Waals surface area contributed by atoms with E-state index in [1.54, 1.807) is 21.3 Å². The molecule has 2 aromatic rings. The average molecular weight is 316 g/mol. The van der Waals surface area contributed by atoms with Crippen LogP contribution in [0.3, 0.4) is 0 Å². The highest BCUT2D eigenvalue weighted by atomic mass is 16.5. The van der Waals surface area contributed by atoms with E-state index < -0.39 is 0 Å². The van der Waals surface area contributed by atoms with Crippen molar-refractivity contribution in [3.63, 3.8) is 0 Å². The molecule has 0 aromatic heterocycles. The fourth-order valence-electron chi connectivity index (χ4n) is 2.75. The Labute approximate surface area is 137 Å². The number of aliphatic hydroxyl groups is 1. The molecule has 1 N–H and O–H groups in total. The van der Waals surface area contributed by atoms with Gasteiger partial charge in [0.1, 0.15) is 5.75 Å². The van der Waals surface area contributed by atoms with Gasteiger partial charge in [-0.1, -0.05) is 18.2 Å². The molecule has 0 amide bonds. The molecular formula is C19H24O4. The first kappa shape index (κ1) is 17.2. The Kier molecular flexibility index (Phi) is 6.29. The average Bonchev–Trinajstić information content (AvgIpc) is 2.61. The number of ether oxygens (including phenoxy) is 3. The zero-order valence-electron chi connectivity index (χ0n) is 14.0. The molecule has 0 spiro atoms. The zero-order valence-corrected chi connectivity index (χ0v) is 14.0. The van der Waals surface area contributed by atoms with E-state index in [1.165, 1.54) is 5.56 Å². The summed E-state index contributed by atoms with van der Waals surface area (Å²) in [5.41, 5.74) is 3.13. The standard InChI is InChI=1S/C19H24O4/c1-21-16-8-4-6-14(12-16)7-5-9-17-15(13-20)10-11-18(22-2)19(17)23-3/h4,6,8,10-12,20H,5,7,9,13H2,1-3H3. The normalized spacial score (nSPS) is 10.4. The molecule has 4 heteroatoms. The first-order valence-electron chi connectivity index (χ1n) is 7.70. The maximum absolute atomic E-state index is 9.57. The van der Waals surface area contributed by atoms with E-state index >= 15 is 0 Å². The Hall–Kier alpha value is -2.20. The molecule has 2 rings (SSSR count). The van der Waals surface area contributed by atoms with Gasteiger partial charge in [0.05, 0.1) is 27.9 Å². The Morgan fingerprint density at radius 2 is 1.74 bits per heavy atom. The molecule has 2 aromatic carbocycles. The molecule has 0 aliphatic rings. The molecule has 0 bridgehead atoms. The molecule has 0 fully saturated rings. The van der Waals surface area contributed by atoms with Crippen LogP contribution in [0, 0.1) is 0 Å². The highest BCUT2D eigenvalue weighted by Gasteiger charge is 2.14. The molecule has 0 heterocycles. The summed E-state index contributed by atoms with van der Waals surface area (Å²) in [7, 11) is 4.93. The van der Waals surface area contributed by atoms with Crippen molar-refractivity contribution in [3.8, 4) is 17.2 Å². The minimum Gasteiger partial charge on any atom is -0.497 e. The summed E-state index contributed by atoms with van der Waals surface area (Å²) in [6.45, 7) is -0.00511. The minimum atomic E-state index is -0.00511. The van der Waals surface area contributed by atoms with Crippen molar-refractivity contribution in [2.45, 2.75) is 25.9 Å². The fourth-order valence-corrected chi connectivity index (χ4v) is 2.75. The molecule has 0 saturated carbocycles. The molecule has 0 radical (unpaired) electrons. The van der Waals surface area contributed by atoms with Crippen molar-refractivity contribution in [3.05, 3.63) is 53.1 Å². The monoisotopic (exact) mass is 316 g/mol. The topological polar surface area (TPSA) is 47.9 Å². The van der Waals surface area contributed by atoms with Crippen molar-refractivity contribution in [1.29, 1.82) is 0 Å². The number of hydrogen-bond donors (Lipinski definition) is 1. The first-order chi connectivity index (χ1) is 11.2. The number of benzene rings is 2. The summed E-state index contributed by atoms with van der Waals surface area (Å²) < 4.78 is 16.1. The number of methoxy groups -OCH3 is 3. The number of aryl methyl sites for hydroxylation is 1. The fraction of sp³-hybridized carbons (Fsp3) is 0.368. The van der Waals surface area contributed by atoms with Gasteiger partial charge in [-0.2, -0.15) is 0 Å². The lowest BCUT2D eigenvalue weighted by atomic mass is 9.98. The first-order valence-corrected chi connectivity index (χ1v) is 7.70. The van der Waals surface area contributed by atoms with E-state index in [9.17, 15) is 5.11 Å². The van der Waals surface area contributed by atoms with Crippen LogP contribution in [0.15, 0.2) is 36.4 Å². The predicted octanol–water partition coefficient (Wildman–Crippen LogP) is 3.38. The van der Waals surface area contributed by atoms with Crippen LogP contribution < -0.4 is 14.2 Å². The van der Waals surface area contributed by atoms with E-state index in [-0.39, 0.29) is 6.61 Å². The van der Waals surface area contributed by atoms with Crippen LogP contribution in [-0.4, -0.2) is 26.4 Å². The van der Waals surface area contributed by atoms with Crippen LogP contribution in [0.4, 0.5) is 0 Å². The van der Waals surface area contributed by atoms with Gasteiger partial charge in [-0.05, 0) is 48.6 Å². The molecular weight excluding hydrogens is 292 g/mol. The second-order valence-corrected chi connectivity index (χ2v) is 5.30. The maximum Gasteiger partial charge on any atom is 0.164 e.